The number of amides is 2. The first-order valence-electron chi connectivity index (χ1n) is 7.86. The van der Waals surface area contributed by atoms with Crippen molar-refractivity contribution in [2.45, 2.75) is 11.8 Å². The van der Waals surface area contributed by atoms with Gasteiger partial charge in [0.1, 0.15) is 0 Å². The summed E-state index contributed by atoms with van der Waals surface area (Å²) in [7, 11) is 0. The average molecular weight is 356 g/mol. The van der Waals surface area contributed by atoms with Crippen LogP contribution in [0.4, 0.5) is 16.2 Å². The zero-order valence-electron chi connectivity index (χ0n) is 13.9. The summed E-state index contributed by atoms with van der Waals surface area (Å²) in [4.78, 5) is 24.1. The van der Waals surface area contributed by atoms with Gasteiger partial charge in [0.05, 0.1) is 6.61 Å². The lowest BCUT2D eigenvalue weighted by molar-refractivity contribution is -0.137. The lowest BCUT2D eigenvalue weighted by Gasteiger charge is -2.08. The number of benzene rings is 2. The SMILES string of the molecule is CCOC(=O)/C=C/CSc1ccc(NC(=O)Nc2ccccc2)cc1. The van der Waals surface area contributed by atoms with Crippen LogP contribution in [0.3, 0.4) is 0 Å². The van der Waals surface area contributed by atoms with Gasteiger partial charge in [-0.2, -0.15) is 0 Å². The normalized spacial score (nSPS) is 10.4. The number of carbonyl (C=O) groups is 2. The first-order chi connectivity index (χ1) is 12.2. The van der Waals surface area contributed by atoms with E-state index in [4.69, 9.17) is 4.74 Å². The van der Waals surface area contributed by atoms with E-state index in [1.54, 1.807) is 24.8 Å². The highest BCUT2D eigenvalue weighted by Gasteiger charge is 2.02. The van der Waals surface area contributed by atoms with Crippen LogP contribution >= 0.6 is 11.8 Å². The van der Waals surface area contributed by atoms with Crippen LogP contribution in [0.25, 0.3) is 0 Å². The molecule has 0 atom stereocenters. The molecule has 2 aromatic rings. The van der Waals surface area contributed by atoms with Crippen LogP contribution < -0.4 is 10.6 Å². The molecule has 0 fully saturated rings. The molecule has 0 unspecified atom stereocenters. The quantitative estimate of drug-likeness (QED) is 0.434. The third-order valence-electron chi connectivity index (χ3n) is 3.03. The summed E-state index contributed by atoms with van der Waals surface area (Å²) in [6.07, 6.45) is 3.20. The Morgan fingerprint density at radius 2 is 1.64 bits per heavy atom. The molecule has 2 aromatic carbocycles. The van der Waals surface area contributed by atoms with Gasteiger partial charge in [-0.3, -0.25) is 0 Å². The van der Waals surface area contributed by atoms with E-state index in [1.165, 1.54) is 6.08 Å². The molecule has 25 heavy (non-hydrogen) atoms. The molecule has 0 aliphatic rings. The third kappa shape index (κ3) is 7.14. The Hall–Kier alpha value is -2.73. The van der Waals surface area contributed by atoms with Gasteiger partial charge >= 0.3 is 12.0 Å². The standard InChI is InChI=1S/C19H20N2O3S/c1-2-24-18(22)9-6-14-25-17-12-10-16(11-13-17)21-19(23)20-15-7-4-3-5-8-15/h3-13H,2,14H2,1H3,(H2,20,21,23)/b9-6+. The van der Waals surface area contributed by atoms with E-state index in [2.05, 4.69) is 10.6 Å². The van der Waals surface area contributed by atoms with Gasteiger partial charge in [-0.05, 0) is 43.3 Å². The molecule has 0 heterocycles. The lowest BCUT2D eigenvalue weighted by atomic mass is 10.3. The van der Waals surface area contributed by atoms with Crippen LogP contribution in [0.1, 0.15) is 6.92 Å². The van der Waals surface area contributed by atoms with E-state index < -0.39 is 0 Å². The van der Waals surface area contributed by atoms with Crippen molar-refractivity contribution in [3.8, 4) is 0 Å². The number of nitrogens with one attached hydrogen (secondary N) is 2. The van der Waals surface area contributed by atoms with Crippen molar-refractivity contribution in [2.75, 3.05) is 23.0 Å². The lowest BCUT2D eigenvalue weighted by Crippen LogP contribution is -2.19. The van der Waals surface area contributed by atoms with Crippen LogP contribution in [-0.2, 0) is 9.53 Å². The summed E-state index contributed by atoms with van der Waals surface area (Å²) in [6.45, 7) is 2.15. The maximum absolute atomic E-state index is 11.9. The van der Waals surface area contributed by atoms with Crippen molar-refractivity contribution < 1.29 is 14.3 Å². The van der Waals surface area contributed by atoms with Crippen molar-refractivity contribution in [1.82, 2.24) is 0 Å². The molecule has 0 aromatic heterocycles. The van der Waals surface area contributed by atoms with Crippen LogP contribution in [0.15, 0.2) is 71.6 Å². The molecule has 2 rings (SSSR count). The Morgan fingerprint density at radius 1 is 1.00 bits per heavy atom. The Bertz CT molecular complexity index is 715. The Kier molecular flexibility index (Phi) is 7.59. The van der Waals surface area contributed by atoms with Crippen LogP contribution in [-0.4, -0.2) is 24.4 Å². The van der Waals surface area contributed by atoms with E-state index in [0.717, 1.165) is 10.6 Å². The fraction of sp³-hybridized carbons (Fsp3) is 0.158. The molecule has 0 bridgehead atoms. The molecule has 0 aliphatic carbocycles. The summed E-state index contributed by atoms with van der Waals surface area (Å²) >= 11 is 1.59. The van der Waals surface area contributed by atoms with E-state index >= 15 is 0 Å². The van der Waals surface area contributed by atoms with Gasteiger partial charge < -0.3 is 15.4 Å². The zero-order valence-corrected chi connectivity index (χ0v) is 14.7. The van der Waals surface area contributed by atoms with Crippen LogP contribution in [0.2, 0.25) is 0 Å². The van der Waals surface area contributed by atoms with E-state index in [1.807, 2.05) is 54.6 Å². The second-order valence-electron chi connectivity index (χ2n) is 4.93. The molecule has 0 saturated heterocycles. The molecule has 0 aliphatic heterocycles. The predicted octanol–water partition coefficient (Wildman–Crippen LogP) is 4.54. The fourth-order valence-corrected chi connectivity index (χ4v) is 2.64. The number of urea groups is 1. The summed E-state index contributed by atoms with van der Waals surface area (Å²) in [5, 5.41) is 5.54. The molecular weight excluding hydrogens is 336 g/mol. The summed E-state index contributed by atoms with van der Waals surface area (Å²) in [6, 6.07) is 16.5. The van der Waals surface area contributed by atoms with Gasteiger partial charge in [0.25, 0.3) is 0 Å². The van der Waals surface area contributed by atoms with Crippen molar-refractivity contribution in [1.29, 1.82) is 0 Å². The zero-order chi connectivity index (χ0) is 17.9. The molecule has 6 heteroatoms. The number of esters is 1. The largest absolute Gasteiger partial charge is 0.463 e. The average Bonchev–Trinajstić information content (AvgIpc) is 2.61. The van der Waals surface area contributed by atoms with E-state index in [9.17, 15) is 9.59 Å². The highest BCUT2D eigenvalue weighted by Crippen LogP contribution is 2.20. The maximum atomic E-state index is 11.9. The smallest absolute Gasteiger partial charge is 0.330 e. The van der Waals surface area contributed by atoms with Gasteiger partial charge in [0.15, 0.2) is 0 Å². The van der Waals surface area contributed by atoms with Gasteiger partial charge in [-0.15, -0.1) is 11.8 Å². The van der Waals surface area contributed by atoms with Crippen molar-refractivity contribution in [2.24, 2.45) is 0 Å². The molecule has 5 nitrogen and oxygen atoms in total. The number of ether oxygens (including phenoxy) is 1. The Labute approximate surface area is 151 Å². The topological polar surface area (TPSA) is 67.4 Å². The second-order valence-corrected chi connectivity index (χ2v) is 6.03. The Balaban J connectivity index is 1.77. The van der Waals surface area contributed by atoms with E-state index in [0.29, 0.717) is 18.0 Å². The molecular formula is C19H20N2O3S. The van der Waals surface area contributed by atoms with Gasteiger partial charge in [-0.1, -0.05) is 24.3 Å². The van der Waals surface area contributed by atoms with Crippen molar-refractivity contribution in [3.63, 3.8) is 0 Å². The molecule has 2 amide bonds. The van der Waals surface area contributed by atoms with Crippen molar-refractivity contribution >= 4 is 35.1 Å². The highest BCUT2D eigenvalue weighted by molar-refractivity contribution is 7.99. The van der Waals surface area contributed by atoms with Crippen LogP contribution in [0, 0.1) is 0 Å². The maximum Gasteiger partial charge on any atom is 0.330 e. The van der Waals surface area contributed by atoms with Crippen LogP contribution in [0.5, 0.6) is 0 Å². The minimum atomic E-state index is -0.327. The molecule has 0 radical (unpaired) electrons. The van der Waals surface area contributed by atoms with Gasteiger partial charge in [0, 0.05) is 28.1 Å². The number of hydrogen-bond donors (Lipinski definition) is 2. The number of thioether (sulfide) groups is 1. The molecule has 2 N–H and O–H groups in total. The minimum absolute atomic E-state index is 0.288. The number of para-hydroxylation sites is 1. The third-order valence-corrected chi connectivity index (χ3v) is 4.00. The minimum Gasteiger partial charge on any atom is -0.463 e. The van der Waals surface area contributed by atoms with Crippen molar-refractivity contribution in [3.05, 3.63) is 66.7 Å². The number of hydrogen-bond acceptors (Lipinski definition) is 4. The molecule has 0 saturated carbocycles. The monoisotopic (exact) mass is 356 g/mol. The first kappa shape index (κ1) is 18.6. The molecule has 130 valence electrons. The number of rotatable bonds is 7. The number of anilines is 2. The Morgan fingerprint density at radius 3 is 2.28 bits per heavy atom. The summed E-state index contributed by atoms with van der Waals surface area (Å²) < 4.78 is 4.81. The summed E-state index contributed by atoms with van der Waals surface area (Å²) in [5.41, 5.74) is 1.44. The van der Waals surface area contributed by atoms with Gasteiger partial charge in [0.2, 0.25) is 0 Å². The summed E-state index contributed by atoms with van der Waals surface area (Å²) in [5.74, 6) is 0.340. The first-order valence-corrected chi connectivity index (χ1v) is 8.85. The van der Waals surface area contributed by atoms with E-state index in [-0.39, 0.29) is 12.0 Å². The van der Waals surface area contributed by atoms with Gasteiger partial charge in [-0.25, -0.2) is 9.59 Å². The number of carbonyl (C=O) groups excluding carboxylic acids is 2. The predicted molar refractivity (Wildman–Crippen MR) is 102 cm³/mol. The second kappa shape index (κ2) is 10.2. The highest BCUT2D eigenvalue weighted by atomic mass is 32.2. The molecule has 0 spiro atoms. The fourth-order valence-electron chi connectivity index (χ4n) is 1.93.